The van der Waals surface area contributed by atoms with Gasteiger partial charge in [-0.2, -0.15) is 0 Å². The summed E-state index contributed by atoms with van der Waals surface area (Å²) < 4.78 is 7.45. The number of hydrogen-bond donors (Lipinski definition) is 0. The second-order valence-electron chi connectivity index (χ2n) is 14.1. The number of urea groups is 1. The summed E-state index contributed by atoms with van der Waals surface area (Å²) in [5.74, 6) is 0.0955. The molecular weight excluding hydrogens is 634 g/mol. The van der Waals surface area contributed by atoms with Gasteiger partial charge in [0.05, 0.1) is 16.1 Å². The predicted molar refractivity (Wildman–Crippen MR) is 191 cm³/mol. The molecule has 1 unspecified atom stereocenters. The van der Waals surface area contributed by atoms with Gasteiger partial charge < -0.3 is 19.4 Å². The van der Waals surface area contributed by atoms with Gasteiger partial charge in [-0.3, -0.25) is 14.5 Å². The van der Waals surface area contributed by atoms with Crippen LogP contribution in [0, 0.1) is 10.1 Å². The van der Waals surface area contributed by atoms with Crippen LogP contribution in [-0.4, -0.2) is 91.0 Å². The largest absolute Gasteiger partial charge is 0.444 e. The maximum absolute atomic E-state index is 13.6. The van der Waals surface area contributed by atoms with Gasteiger partial charge in [0.1, 0.15) is 16.5 Å². The Morgan fingerprint density at radius 3 is 2.32 bits per heavy atom. The number of imidazole rings is 1. The number of benzene rings is 3. The summed E-state index contributed by atoms with van der Waals surface area (Å²) in [7, 11) is 0. The third-order valence-corrected chi connectivity index (χ3v) is 9.72. The number of carbonyl (C=O) groups excluding carboxylic acids is 2. The van der Waals surface area contributed by atoms with Crippen LogP contribution >= 0.6 is 0 Å². The van der Waals surface area contributed by atoms with Crippen LogP contribution in [-0.2, 0) is 4.74 Å². The fourth-order valence-corrected chi connectivity index (χ4v) is 7.31. The van der Waals surface area contributed by atoms with Crippen LogP contribution in [0.2, 0.25) is 0 Å². The minimum atomic E-state index is -0.570. The number of carbonyl (C=O) groups is 2. The van der Waals surface area contributed by atoms with Gasteiger partial charge in [-0.1, -0.05) is 48.5 Å². The van der Waals surface area contributed by atoms with E-state index >= 15 is 0 Å². The third-order valence-electron chi connectivity index (χ3n) is 9.72. The topological polar surface area (TPSA) is 126 Å². The van der Waals surface area contributed by atoms with E-state index in [2.05, 4.69) is 12.1 Å². The lowest BCUT2D eigenvalue weighted by atomic mass is 9.95. The summed E-state index contributed by atoms with van der Waals surface area (Å²) >= 11 is 0. The molecule has 0 spiro atoms. The summed E-state index contributed by atoms with van der Waals surface area (Å²) in [5, 5.41) is 14.4. The lowest BCUT2D eigenvalue weighted by molar-refractivity contribution is -0.383. The highest BCUT2D eigenvalue weighted by Gasteiger charge is 2.34. The number of nitro groups is 1. The summed E-state index contributed by atoms with van der Waals surface area (Å²) in [6.45, 7) is 8.48. The fourth-order valence-electron chi connectivity index (χ4n) is 7.31. The number of likely N-dealkylation sites (tertiary alicyclic amines) is 1. The van der Waals surface area contributed by atoms with Crippen molar-refractivity contribution >= 4 is 56.3 Å². The van der Waals surface area contributed by atoms with Gasteiger partial charge in [0.2, 0.25) is 0 Å². The molecule has 0 aliphatic carbocycles. The molecule has 8 rings (SSSR count). The molecule has 12 nitrogen and oxygen atoms in total. The van der Waals surface area contributed by atoms with Gasteiger partial charge >= 0.3 is 12.1 Å². The predicted octanol–water partition coefficient (Wildman–Crippen LogP) is 7.23. The maximum atomic E-state index is 13.6. The van der Waals surface area contributed by atoms with E-state index in [4.69, 9.17) is 14.7 Å². The Morgan fingerprint density at radius 2 is 1.58 bits per heavy atom. The molecule has 50 heavy (non-hydrogen) atoms. The Kier molecular flexibility index (Phi) is 7.54. The second kappa shape index (κ2) is 12.0. The Labute approximate surface area is 288 Å². The molecule has 254 valence electrons. The molecule has 2 fully saturated rings. The number of non-ortho nitro benzene ring substituents is 1. The van der Waals surface area contributed by atoms with Gasteiger partial charge in [0, 0.05) is 67.6 Å². The van der Waals surface area contributed by atoms with Gasteiger partial charge in [-0.15, -0.1) is 0 Å². The Hall–Kier alpha value is -5.78. The average molecular weight is 672 g/mol. The maximum Gasteiger partial charge on any atom is 0.410 e. The van der Waals surface area contributed by atoms with E-state index in [1.165, 1.54) is 6.07 Å². The third kappa shape index (κ3) is 5.50. The summed E-state index contributed by atoms with van der Waals surface area (Å²) in [5.41, 5.74) is 4.86. The SMILES string of the molecule is CC(C)(C)OC(=O)N1CCN(C(=O)N2CCC(c3ccc4c(c3)c3cccc([N+](=O)[O-])c3c3nc5ccc(-c6ccccc6)nc5n43)C2)CC1. The standard InChI is InChI=1S/C38H37N7O5/c1-38(2,3)50-37(47)42-20-18-41(19-21-42)36(46)43-17-16-26(23-43)25-12-15-31-28(22-25)27-10-7-11-32(45(48)49)33(27)35-40-30-14-13-29(39-34(30)44(31)35)24-8-5-4-6-9-24/h4-15,22,26H,16-21,23H2,1-3H3. The lowest BCUT2D eigenvalue weighted by Crippen LogP contribution is -2.54. The molecule has 12 heteroatoms. The van der Waals surface area contributed by atoms with Gasteiger partial charge in [-0.05, 0) is 57.0 Å². The normalized spacial score (nSPS) is 16.9. The van der Waals surface area contributed by atoms with Gasteiger partial charge in [0.25, 0.3) is 5.69 Å². The number of nitro benzene ring substituents is 1. The zero-order valence-corrected chi connectivity index (χ0v) is 28.2. The minimum absolute atomic E-state index is 0.0113. The highest BCUT2D eigenvalue weighted by atomic mass is 16.6. The lowest BCUT2D eigenvalue weighted by Gasteiger charge is -2.37. The molecule has 0 radical (unpaired) electrons. The Balaban J connectivity index is 1.13. The molecule has 0 bridgehead atoms. The van der Waals surface area contributed by atoms with E-state index in [-0.39, 0.29) is 28.7 Å². The van der Waals surface area contributed by atoms with Gasteiger partial charge in [0.15, 0.2) is 11.3 Å². The first-order valence-corrected chi connectivity index (χ1v) is 16.9. The number of piperazine rings is 1. The molecular formula is C38H37N7O5. The molecule has 2 saturated heterocycles. The van der Waals surface area contributed by atoms with Crippen LogP contribution < -0.4 is 0 Å². The van der Waals surface area contributed by atoms with Crippen LogP contribution in [0.1, 0.15) is 38.7 Å². The van der Waals surface area contributed by atoms with Crippen molar-refractivity contribution in [2.75, 3.05) is 39.3 Å². The first kappa shape index (κ1) is 31.5. The van der Waals surface area contributed by atoms with Gasteiger partial charge in [-0.25, -0.2) is 19.6 Å². The van der Waals surface area contributed by atoms with Crippen molar-refractivity contribution in [3.8, 4) is 11.3 Å². The van der Waals surface area contributed by atoms with Crippen LogP contribution in [0.15, 0.2) is 78.9 Å². The number of aromatic nitrogens is 3. The number of pyridine rings is 2. The van der Waals surface area contributed by atoms with Crippen LogP contribution in [0.4, 0.5) is 15.3 Å². The van der Waals surface area contributed by atoms with E-state index in [0.29, 0.717) is 61.5 Å². The zero-order chi connectivity index (χ0) is 34.7. The molecule has 5 heterocycles. The molecule has 3 amide bonds. The second-order valence-corrected chi connectivity index (χ2v) is 14.1. The quantitative estimate of drug-likeness (QED) is 0.110. The molecule has 0 saturated carbocycles. The summed E-state index contributed by atoms with van der Waals surface area (Å²) in [6.07, 6.45) is 0.444. The van der Waals surface area contributed by atoms with Crippen LogP contribution in [0.25, 0.3) is 49.7 Å². The van der Waals surface area contributed by atoms with E-state index < -0.39 is 5.60 Å². The van der Waals surface area contributed by atoms with Crippen molar-refractivity contribution in [1.29, 1.82) is 0 Å². The molecule has 2 aliphatic heterocycles. The number of nitrogens with zero attached hydrogens (tertiary/aromatic N) is 7. The number of amides is 3. The van der Waals surface area contributed by atoms with E-state index in [1.807, 2.05) is 89.6 Å². The van der Waals surface area contributed by atoms with Crippen LogP contribution in [0.5, 0.6) is 0 Å². The van der Waals surface area contributed by atoms with Crippen molar-refractivity contribution in [2.24, 2.45) is 0 Å². The van der Waals surface area contributed by atoms with Crippen molar-refractivity contribution < 1.29 is 19.2 Å². The molecule has 2 aliphatic rings. The molecule has 1 atom stereocenters. The minimum Gasteiger partial charge on any atom is -0.444 e. The highest BCUT2D eigenvalue weighted by Crippen LogP contribution is 2.39. The number of rotatable bonds is 3. The first-order valence-electron chi connectivity index (χ1n) is 16.9. The van der Waals surface area contributed by atoms with Crippen molar-refractivity contribution in [2.45, 2.75) is 38.7 Å². The molecule has 3 aromatic carbocycles. The fraction of sp³-hybridized carbons (Fsp3) is 0.316. The smallest absolute Gasteiger partial charge is 0.410 e. The first-order chi connectivity index (χ1) is 24.1. The Bertz CT molecular complexity index is 2320. The highest BCUT2D eigenvalue weighted by molar-refractivity contribution is 6.16. The monoisotopic (exact) mass is 671 g/mol. The average Bonchev–Trinajstić information content (AvgIpc) is 3.76. The summed E-state index contributed by atoms with van der Waals surface area (Å²) in [6, 6.07) is 25.1. The summed E-state index contributed by atoms with van der Waals surface area (Å²) in [4.78, 5) is 53.4. The molecule has 6 aromatic rings. The molecule has 0 N–H and O–H groups in total. The Morgan fingerprint density at radius 1 is 0.820 bits per heavy atom. The van der Waals surface area contributed by atoms with E-state index in [1.54, 1.807) is 11.0 Å². The zero-order valence-electron chi connectivity index (χ0n) is 28.2. The molecule has 3 aromatic heterocycles. The van der Waals surface area contributed by atoms with E-state index in [0.717, 1.165) is 39.5 Å². The van der Waals surface area contributed by atoms with Crippen molar-refractivity contribution in [3.05, 3.63) is 94.5 Å². The number of ether oxygens (including phenoxy) is 1. The van der Waals surface area contributed by atoms with Crippen molar-refractivity contribution in [1.82, 2.24) is 29.1 Å². The van der Waals surface area contributed by atoms with E-state index in [9.17, 15) is 19.7 Å². The van der Waals surface area contributed by atoms with Crippen LogP contribution in [0.3, 0.4) is 0 Å². The number of hydrogen-bond acceptors (Lipinski definition) is 7. The van der Waals surface area contributed by atoms with Crippen molar-refractivity contribution in [3.63, 3.8) is 0 Å². The number of fused-ring (bicyclic) bond motifs is 8.